The predicted molar refractivity (Wildman–Crippen MR) is 99.1 cm³/mol. The molecule has 3 rings (SSSR count). The highest BCUT2D eigenvalue weighted by Crippen LogP contribution is 2.22. The fourth-order valence-electron chi connectivity index (χ4n) is 3.08. The van der Waals surface area contributed by atoms with Crippen LogP contribution in [0.4, 0.5) is 4.79 Å². The van der Waals surface area contributed by atoms with Gasteiger partial charge in [0.05, 0.1) is 12.3 Å². The van der Waals surface area contributed by atoms with Crippen molar-refractivity contribution in [3.63, 3.8) is 0 Å². The second-order valence-electron chi connectivity index (χ2n) is 6.47. The van der Waals surface area contributed by atoms with Gasteiger partial charge in [0, 0.05) is 19.6 Å². The normalized spacial score (nSPS) is 15.8. The first-order valence-electron chi connectivity index (χ1n) is 8.62. The Kier molecular flexibility index (Phi) is 5.56. The molecule has 1 aromatic carbocycles. The Morgan fingerprint density at radius 2 is 2.04 bits per heavy atom. The smallest absolute Gasteiger partial charge is 0.317 e. The molecule has 0 fully saturated rings. The number of hydrogen-bond acceptors (Lipinski definition) is 3. The van der Waals surface area contributed by atoms with Gasteiger partial charge in [-0.25, -0.2) is 4.79 Å². The van der Waals surface area contributed by atoms with Crippen LogP contribution >= 0.6 is 0 Å². The second kappa shape index (κ2) is 8.03. The van der Waals surface area contributed by atoms with Crippen LogP contribution < -0.4 is 5.32 Å². The summed E-state index contributed by atoms with van der Waals surface area (Å²) in [5.74, 6) is 0.857. The molecule has 2 heterocycles. The Bertz CT molecular complexity index is 708. The Morgan fingerprint density at radius 1 is 1.24 bits per heavy atom. The summed E-state index contributed by atoms with van der Waals surface area (Å²) in [7, 11) is 3.96. The maximum Gasteiger partial charge on any atom is 0.317 e. The van der Waals surface area contributed by atoms with Gasteiger partial charge in [-0.1, -0.05) is 36.4 Å². The first-order chi connectivity index (χ1) is 12.1. The van der Waals surface area contributed by atoms with E-state index in [1.54, 1.807) is 6.26 Å². The van der Waals surface area contributed by atoms with Gasteiger partial charge in [0.25, 0.3) is 0 Å². The first kappa shape index (κ1) is 17.3. The molecule has 1 aromatic heterocycles. The lowest BCUT2D eigenvalue weighted by atomic mass is 10.00. The maximum atomic E-state index is 12.5. The van der Waals surface area contributed by atoms with E-state index < -0.39 is 0 Å². The van der Waals surface area contributed by atoms with Crippen LogP contribution in [0.15, 0.2) is 59.2 Å². The molecule has 0 saturated heterocycles. The third kappa shape index (κ3) is 4.31. The molecule has 0 radical (unpaired) electrons. The summed E-state index contributed by atoms with van der Waals surface area (Å²) >= 11 is 0. The van der Waals surface area contributed by atoms with Gasteiger partial charge in [0.15, 0.2) is 0 Å². The molecule has 1 unspecified atom stereocenters. The van der Waals surface area contributed by atoms with E-state index in [1.807, 2.05) is 54.2 Å². The lowest BCUT2D eigenvalue weighted by Crippen LogP contribution is -2.44. The lowest BCUT2D eigenvalue weighted by molar-refractivity contribution is 0.194. The van der Waals surface area contributed by atoms with E-state index in [9.17, 15) is 4.79 Å². The van der Waals surface area contributed by atoms with Gasteiger partial charge < -0.3 is 14.6 Å². The number of likely N-dealkylation sites (N-methyl/N-ethyl adjacent to an activating group) is 1. The minimum Gasteiger partial charge on any atom is -0.468 e. The molecule has 2 amide bonds. The van der Waals surface area contributed by atoms with Crippen molar-refractivity contribution < 1.29 is 9.21 Å². The first-order valence-corrected chi connectivity index (χ1v) is 8.62. The third-order valence-electron chi connectivity index (χ3n) is 4.58. The van der Waals surface area contributed by atoms with Crippen LogP contribution in [0.3, 0.4) is 0 Å². The maximum absolute atomic E-state index is 12.5. The van der Waals surface area contributed by atoms with Crippen molar-refractivity contribution in [1.29, 1.82) is 0 Å². The Morgan fingerprint density at radius 3 is 2.64 bits per heavy atom. The van der Waals surface area contributed by atoms with Crippen LogP contribution in [0.25, 0.3) is 5.57 Å². The number of hydrogen-bond donors (Lipinski definition) is 1. The molecule has 2 aromatic rings. The SMILES string of the molecule is CN(C)C(CNC(=O)N1CC=C(c2ccccc2)CC1)c1ccco1. The summed E-state index contributed by atoms with van der Waals surface area (Å²) in [6.07, 6.45) is 4.69. The molecule has 0 spiro atoms. The molecule has 5 nitrogen and oxygen atoms in total. The van der Waals surface area contributed by atoms with E-state index in [0.717, 1.165) is 18.7 Å². The van der Waals surface area contributed by atoms with Crippen LogP contribution in [0, 0.1) is 0 Å². The minimum absolute atomic E-state index is 0.0261. The van der Waals surface area contributed by atoms with Crippen LogP contribution in [0.2, 0.25) is 0 Å². The average molecular weight is 339 g/mol. The van der Waals surface area contributed by atoms with E-state index in [-0.39, 0.29) is 12.1 Å². The number of benzene rings is 1. The van der Waals surface area contributed by atoms with Crippen molar-refractivity contribution in [3.8, 4) is 0 Å². The van der Waals surface area contributed by atoms with E-state index in [0.29, 0.717) is 13.1 Å². The molecule has 1 aliphatic heterocycles. The van der Waals surface area contributed by atoms with Crippen molar-refractivity contribution >= 4 is 11.6 Å². The van der Waals surface area contributed by atoms with Gasteiger partial charge in [-0.3, -0.25) is 4.90 Å². The number of rotatable bonds is 5. The van der Waals surface area contributed by atoms with Crippen LogP contribution in [-0.2, 0) is 0 Å². The highest BCUT2D eigenvalue weighted by molar-refractivity contribution is 5.76. The van der Waals surface area contributed by atoms with E-state index in [1.165, 1.54) is 11.1 Å². The number of amides is 2. The Balaban J connectivity index is 1.55. The number of carbonyl (C=O) groups excluding carboxylic acids is 1. The zero-order valence-corrected chi connectivity index (χ0v) is 14.8. The van der Waals surface area contributed by atoms with Gasteiger partial charge in [0.1, 0.15) is 5.76 Å². The van der Waals surface area contributed by atoms with Crippen molar-refractivity contribution in [2.75, 3.05) is 33.7 Å². The molecule has 1 aliphatic rings. The number of urea groups is 1. The van der Waals surface area contributed by atoms with Gasteiger partial charge in [-0.2, -0.15) is 0 Å². The highest BCUT2D eigenvalue weighted by atomic mass is 16.3. The van der Waals surface area contributed by atoms with Gasteiger partial charge in [-0.05, 0) is 43.8 Å². The Hall–Kier alpha value is -2.53. The fraction of sp³-hybridized carbons (Fsp3) is 0.350. The van der Waals surface area contributed by atoms with E-state index in [4.69, 9.17) is 4.42 Å². The molecular formula is C20H25N3O2. The topological polar surface area (TPSA) is 48.7 Å². The summed E-state index contributed by atoms with van der Waals surface area (Å²) < 4.78 is 5.48. The molecule has 5 heteroatoms. The molecule has 0 saturated carbocycles. The predicted octanol–water partition coefficient (Wildman–Crippen LogP) is 3.38. The summed E-state index contributed by atoms with van der Waals surface area (Å²) in [5.41, 5.74) is 2.56. The van der Waals surface area contributed by atoms with Gasteiger partial charge in [-0.15, -0.1) is 0 Å². The van der Waals surface area contributed by atoms with Crippen LogP contribution in [0.1, 0.15) is 23.8 Å². The Labute approximate surface area is 148 Å². The van der Waals surface area contributed by atoms with Crippen LogP contribution in [0.5, 0.6) is 0 Å². The highest BCUT2D eigenvalue weighted by Gasteiger charge is 2.21. The van der Waals surface area contributed by atoms with Crippen molar-refractivity contribution in [2.24, 2.45) is 0 Å². The summed E-state index contributed by atoms with van der Waals surface area (Å²) in [5, 5.41) is 3.03. The number of furan rings is 1. The molecular weight excluding hydrogens is 314 g/mol. The number of nitrogens with zero attached hydrogens (tertiary/aromatic N) is 2. The van der Waals surface area contributed by atoms with Gasteiger partial charge in [0.2, 0.25) is 0 Å². The number of carbonyl (C=O) groups is 1. The summed E-state index contributed by atoms with van der Waals surface area (Å²) in [4.78, 5) is 16.4. The van der Waals surface area contributed by atoms with Crippen LogP contribution in [-0.4, -0.2) is 49.6 Å². The van der Waals surface area contributed by atoms with Crippen molar-refractivity contribution in [2.45, 2.75) is 12.5 Å². The largest absolute Gasteiger partial charge is 0.468 e. The summed E-state index contributed by atoms with van der Waals surface area (Å²) in [6.45, 7) is 1.90. The van der Waals surface area contributed by atoms with E-state index >= 15 is 0 Å². The van der Waals surface area contributed by atoms with E-state index in [2.05, 4.69) is 23.5 Å². The fourth-order valence-corrected chi connectivity index (χ4v) is 3.08. The standard InChI is InChI=1S/C20H25N3O2/c1-22(2)18(19-9-6-14-25-19)15-21-20(24)23-12-10-17(11-13-23)16-7-4-3-5-8-16/h3-10,14,18H,11-13,15H2,1-2H3,(H,21,24). The molecule has 1 N–H and O–H groups in total. The average Bonchev–Trinajstić information content (AvgIpc) is 3.16. The molecule has 0 bridgehead atoms. The van der Waals surface area contributed by atoms with Gasteiger partial charge >= 0.3 is 6.03 Å². The monoisotopic (exact) mass is 339 g/mol. The lowest BCUT2D eigenvalue weighted by Gasteiger charge is -2.29. The number of nitrogens with one attached hydrogen (secondary N) is 1. The molecule has 25 heavy (non-hydrogen) atoms. The molecule has 1 atom stereocenters. The second-order valence-corrected chi connectivity index (χ2v) is 6.47. The molecule has 132 valence electrons. The zero-order valence-electron chi connectivity index (χ0n) is 14.8. The summed E-state index contributed by atoms with van der Waals surface area (Å²) in [6, 6.07) is 14.2. The zero-order chi connectivity index (χ0) is 17.6. The van der Waals surface area contributed by atoms with Crippen molar-refractivity contribution in [1.82, 2.24) is 15.1 Å². The quantitative estimate of drug-likeness (QED) is 0.908. The molecule has 0 aliphatic carbocycles. The third-order valence-corrected chi connectivity index (χ3v) is 4.58. The van der Waals surface area contributed by atoms with Crippen molar-refractivity contribution in [3.05, 3.63) is 66.1 Å². The minimum atomic E-state index is -0.0261.